The zero-order valence-electron chi connectivity index (χ0n) is 8.14. The van der Waals surface area contributed by atoms with Crippen LogP contribution in [-0.4, -0.2) is 9.79 Å². The summed E-state index contributed by atoms with van der Waals surface area (Å²) in [6, 6.07) is 7.51. The van der Waals surface area contributed by atoms with Crippen LogP contribution in [0.4, 0.5) is 0 Å². The number of benzene rings is 1. The van der Waals surface area contributed by atoms with E-state index in [2.05, 4.69) is 0 Å². The molecule has 1 aromatic carbocycles. The van der Waals surface area contributed by atoms with Crippen LogP contribution >= 0.6 is 7.60 Å². The fraction of sp³-hybridized carbons (Fsp3) is 0.200. The van der Waals surface area contributed by atoms with Crippen LogP contribution in [0.1, 0.15) is 18.1 Å². The summed E-state index contributed by atoms with van der Waals surface area (Å²) in [5.74, 6) is 0.984. The Bertz CT molecular complexity index is 386. The molecule has 0 aliphatic rings. The summed E-state index contributed by atoms with van der Waals surface area (Å²) >= 11 is 0. The van der Waals surface area contributed by atoms with Gasteiger partial charge in [0.2, 0.25) is 0 Å². The zero-order chi connectivity index (χ0) is 10.8. The first-order chi connectivity index (χ1) is 6.38. The highest BCUT2D eigenvalue weighted by Crippen LogP contribution is 2.39. The van der Waals surface area contributed by atoms with E-state index in [0.717, 1.165) is 16.9 Å². The zero-order valence-corrected chi connectivity index (χ0v) is 9.03. The molecule has 0 aliphatic carbocycles. The molecule has 1 aromatic rings. The van der Waals surface area contributed by atoms with Gasteiger partial charge in [-0.25, -0.2) is 0 Å². The van der Waals surface area contributed by atoms with Gasteiger partial charge >= 0.3 is 7.60 Å². The predicted molar refractivity (Wildman–Crippen MR) is 56.9 cm³/mol. The number of hydrogen-bond acceptors (Lipinski definition) is 1. The first kappa shape index (κ1) is 11.2. The molecule has 2 N–H and O–H groups in total. The number of aryl methyl sites for hydroxylation is 1. The summed E-state index contributed by atoms with van der Waals surface area (Å²) < 4.78 is 10.7. The van der Waals surface area contributed by atoms with E-state index in [1.54, 1.807) is 6.92 Å². The molecule has 1 rings (SSSR count). The van der Waals surface area contributed by atoms with Gasteiger partial charge in [-0.15, -0.1) is 0 Å². The Morgan fingerprint density at radius 1 is 1.29 bits per heavy atom. The summed E-state index contributed by atoms with van der Waals surface area (Å²) in [5.41, 5.74) is 2.55. The molecule has 0 radical (unpaired) electrons. The van der Waals surface area contributed by atoms with Crippen LogP contribution in [-0.2, 0) is 4.57 Å². The molecule has 0 spiro atoms. The average molecular weight is 212 g/mol. The minimum absolute atomic E-state index is 0.596. The third-order valence-corrected chi connectivity index (χ3v) is 2.59. The van der Waals surface area contributed by atoms with E-state index in [1.807, 2.05) is 31.2 Å². The van der Waals surface area contributed by atoms with E-state index < -0.39 is 7.60 Å². The molecular weight excluding hydrogens is 199 g/mol. The van der Waals surface area contributed by atoms with Crippen LogP contribution in [0.3, 0.4) is 0 Å². The number of rotatable bonds is 2. The highest BCUT2D eigenvalue weighted by molar-refractivity contribution is 7.55. The van der Waals surface area contributed by atoms with Gasteiger partial charge in [0.15, 0.2) is 0 Å². The fourth-order valence-corrected chi connectivity index (χ4v) is 1.80. The summed E-state index contributed by atoms with van der Waals surface area (Å²) in [4.78, 5) is 17.5. The molecule has 76 valence electrons. The van der Waals surface area contributed by atoms with E-state index in [1.165, 1.54) is 0 Å². The van der Waals surface area contributed by atoms with Crippen LogP contribution in [0.25, 0.3) is 5.57 Å². The summed E-state index contributed by atoms with van der Waals surface area (Å²) in [6.07, 6.45) is 0. The maximum atomic E-state index is 10.7. The molecule has 0 fully saturated rings. The van der Waals surface area contributed by atoms with Crippen molar-refractivity contribution < 1.29 is 14.4 Å². The molecular formula is C10H13O3P. The minimum atomic E-state index is -4.06. The van der Waals surface area contributed by atoms with Gasteiger partial charge in [-0.3, -0.25) is 4.57 Å². The number of hydrogen-bond donors (Lipinski definition) is 2. The van der Waals surface area contributed by atoms with Crippen molar-refractivity contribution >= 4 is 13.2 Å². The second kappa shape index (κ2) is 4.09. The molecule has 0 heterocycles. The molecule has 0 aromatic heterocycles. The van der Waals surface area contributed by atoms with Crippen molar-refractivity contribution in [2.45, 2.75) is 13.8 Å². The fourth-order valence-electron chi connectivity index (χ4n) is 1.14. The normalized spacial score (nSPS) is 13.0. The molecule has 0 saturated heterocycles. The molecule has 0 saturated carbocycles. The van der Waals surface area contributed by atoms with E-state index in [9.17, 15) is 4.57 Å². The number of allylic oxidation sites excluding steroid dienone is 1. The first-order valence-electron chi connectivity index (χ1n) is 4.20. The van der Waals surface area contributed by atoms with Gasteiger partial charge in [-0.2, -0.15) is 0 Å². The average Bonchev–Trinajstić information content (AvgIpc) is 2.02. The lowest BCUT2D eigenvalue weighted by Gasteiger charge is -2.03. The third-order valence-electron chi connectivity index (χ3n) is 1.87. The Morgan fingerprint density at radius 2 is 1.79 bits per heavy atom. The largest absolute Gasteiger partial charge is 0.349 e. The molecule has 0 bridgehead atoms. The van der Waals surface area contributed by atoms with Gasteiger partial charge in [0.1, 0.15) is 0 Å². The molecule has 0 amide bonds. The third kappa shape index (κ3) is 3.46. The quantitative estimate of drug-likeness (QED) is 0.740. The van der Waals surface area contributed by atoms with Crippen molar-refractivity contribution in [1.29, 1.82) is 0 Å². The molecule has 4 heteroatoms. The van der Waals surface area contributed by atoms with Crippen molar-refractivity contribution in [3.05, 3.63) is 41.2 Å². The highest BCUT2D eigenvalue weighted by Gasteiger charge is 2.08. The molecule has 3 nitrogen and oxygen atoms in total. The van der Waals surface area contributed by atoms with Crippen LogP contribution in [0.2, 0.25) is 0 Å². The molecule has 0 unspecified atom stereocenters. The lowest BCUT2D eigenvalue weighted by Crippen LogP contribution is -1.81. The molecule has 0 atom stereocenters. The van der Waals surface area contributed by atoms with Crippen molar-refractivity contribution in [3.8, 4) is 0 Å². The van der Waals surface area contributed by atoms with Crippen LogP contribution in [0.15, 0.2) is 30.1 Å². The van der Waals surface area contributed by atoms with E-state index in [0.29, 0.717) is 5.57 Å². The van der Waals surface area contributed by atoms with Crippen molar-refractivity contribution in [2.75, 3.05) is 0 Å². The monoisotopic (exact) mass is 212 g/mol. The lowest BCUT2D eigenvalue weighted by molar-refractivity contribution is 0.386. The van der Waals surface area contributed by atoms with Crippen molar-refractivity contribution in [1.82, 2.24) is 0 Å². The second-order valence-corrected chi connectivity index (χ2v) is 4.70. The van der Waals surface area contributed by atoms with Gasteiger partial charge in [0, 0.05) is 5.82 Å². The SMILES string of the molecule is CC(=CP(=O)(O)O)c1ccc(C)cc1. The maximum Gasteiger partial charge on any atom is 0.349 e. The summed E-state index contributed by atoms with van der Waals surface area (Å²) in [7, 11) is -4.06. The van der Waals surface area contributed by atoms with Crippen LogP contribution < -0.4 is 0 Å². The van der Waals surface area contributed by atoms with Crippen molar-refractivity contribution in [3.63, 3.8) is 0 Å². The minimum Gasteiger partial charge on any atom is -0.321 e. The van der Waals surface area contributed by atoms with Crippen LogP contribution in [0.5, 0.6) is 0 Å². The second-order valence-electron chi connectivity index (χ2n) is 3.27. The first-order valence-corrected chi connectivity index (χ1v) is 5.88. The van der Waals surface area contributed by atoms with E-state index in [-0.39, 0.29) is 0 Å². The predicted octanol–water partition coefficient (Wildman–Crippen LogP) is 2.53. The van der Waals surface area contributed by atoms with E-state index >= 15 is 0 Å². The summed E-state index contributed by atoms with van der Waals surface area (Å²) in [5, 5.41) is 0. The maximum absolute atomic E-state index is 10.7. The lowest BCUT2D eigenvalue weighted by atomic mass is 10.1. The Labute approximate surface area is 83.3 Å². The molecule has 0 aliphatic heterocycles. The molecule has 14 heavy (non-hydrogen) atoms. The van der Waals surface area contributed by atoms with Gasteiger partial charge in [0.05, 0.1) is 0 Å². The van der Waals surface area contributed by atoms with Gasteiger partial charge in [-0.05, 0) is 25.0 Å². The Morgan fingerprint density at radius 3 is 2.21 bits per heavy atom. The van der Waals surface area contributed by atoms with Crippen molar-refractivity contribution in [2.24, 2.45) is 0 Å². The standard InChI is InChI=1S/C10H13O3P/c1-8-3-5-10(6-4-8)9(2)7-14(11,12)13/h3-7H,1-2H3,(H2,11,12,13). The Kier molecular flexibility index (Phi) is 3.27. The Hall–Kier alpha value is -0.890. The smallest absolute Gasteiger partial charge is 0.321 e. The van der Waals surface area contributed by atoms with Gasteiger partial charge in [-0.1, -0.05) is 29.8 Å². The van der Waals surface area contributed by atoms with Gasteiger partial charge in [0.25, 0.3) is 0 Å². The Balaban J connectivity index is 3.01. The van der Waals surface area contributed by atoms with E-state index in [4.69, 9.17) is 9.79 Å². The highest BCUT2D eigenvalue weighted by atomic mass is 31.2. The van der Waals surface area contributed by atoms with Gasteiger partial charge < -0.3 is 9.79 Å². The summed E-state index contributed by atoms with van der Waals surface area (Å²) in [6.45, 7) is 3.65. The topological polar surface area (TPSA) is 57.5 Å². The van der Waals surface area contributed by atoms with Crippen LogP contribution in [0, 0.1) is 6.92 Å².